The molecular weight excluding hydrogens is 343 g/mol. The van der Waals surface area contributed by atoms with Gasteiger partial charge >= 0.3 is 18.1 Å². The highest BCUT2D eigenvalue weighted by Crippen LogP contribution is 2.34. The second-order valence-electron chi connectivity index (χ2n) is 8.08. The van der Waals surface area contributed by atoms with Gasteiger partial charge in [0.05, 0.1) is 30.2 Å². The van der Waals surface area contributed by atoms with E-state index in [0.29, 0.717) is 4.90 Å². The van der Waals surface area contributed by atoms with E-state index in [1.807, 2.05) is 0 Å². The predicted molar refractivity (Wildman–Crippen MR) is 83.1 cm³/mol. The monoisotopic (exact) mass is 369 g/mol. The Morgan fingerprint density at radius 3 is 1.88 bits per heavy atom. The van der Waals surface area contributed by atoms with Crippen LogP contribution < -0.4 is 0 Å². The molecule has 1 fully saturated rings. The SMILES string of the molecule is CC(C)(C)O[C@H]1[C@H](OC(C)(C)C)CN(C(=O)C(F)(F)F)[C@H]1CC(=O)O. The van der Waals surface area contributed by atoms with Crippen molar-refractivity contribution < 1.29 is 37.3 Å². The smallest absolute Gasteiger partial charge is 0.471 e. The molecule has 1 aliphatic heterocycles. The van der Waals surface area contributed by atoms with Crippen LogP contribution in [0.2, 0.25) is 0 Å². The average molecular weight is 369 g/mol. The first kappa shape index (κ1) is 21.7. The van der Waals surface area contributed by atoms with Crippen molar-refractivity contribution in [1.29, 1.82) is 0 Å². The van der Waals surface area contributed by atoms with Gasteiger partial charge in [-0.3, -0.25) is 9.59 Å². The van der Waals surface area contributed by atoms with Crippen LogP contribution in [0.1, 0.15) is 48.0 Å². The van der Waals surface area contributed by atoms with Crippen molar-refractivity contribution in [2.24, 2.45) is 0 Å². The van der Waals surface area contributed by atoms with Crippen LogP contribution in [0.15, 0.2) is 0 Å². The van der Waals surface area contributed by atoms with E-state index in [1.54, 1.807) is 41.5 Å². The van der Waals surface area contributed by atoms with E-state index in [9.17, 15) is 22.8 Å². The Hall–Kier alpha value is -1.35. The standard InChI is InChI=1S/C16H26F3NO5/c1-14(2,3)24-10-8-20(13(23)16(17,18)19)9(7-11(21)22)12(10)25-15(4,5)6/h9-10,12H,7-8H2,1-6H3,(H,21,22)/t9-,10+,12+/m0/s1. The topological polar surface area (TPSA) is 76.1 Å². The van der Waals surface area contributed by atoms with Crippen LogP contribution in [0.5, 0.6) is 0 Å². The summed E-state index contributed by atoms with van der Waals surface area (Å²) in [4.78, 5) is 23.5. The molecular formula is C16H26F3NO5. The third-order valence-corrected chi connectivity index (χ3v) is 3.40. The zero-order valence-electron chi connectivity index (χ0n) is 15.3. The number of likely N-dealkylation sites (tertiary alicyclic amines) is 1. The van der Waals surface area contributed by atoms with Crippen molar-refractivity contribution in [2.75, 3.05) is 6.54 Å². The number of ether oxygens (including phenoxy) is 2. The Labute approximate surface area is 145 Å². The van der Waals surface area contributed by atoms with Crippen LogP contribution in [0.4, 0.5) is 13.2 Å². The highest BCUT2D eigenvalue weighted by atomic mass is 19.4. The van der Waals surface area contributed by atoms with E-state index in [0.717, 1.165) is 0 Å². The lowest BCUT2D eigenvalue weighted by Crippen LogP contribution is -2.48. The first-order valence-corrected chi connectivity index (χ1v) is 7.96. The maximum atomic E-state index is 12.9. The van der Waals surface area contributed by atoms with Gasteiger partial charge in [0, 0.05) is 0 Å². The Bertz CT molecular complexity index is 507. The molecule has 1 saturated heterocycles. The van der Waals surface area contributed by atoms with Gasteiger partial charge in [-0.2, -0.15) is 13.2 Å². The van der Waals surface area contributed by atoms with Crippen LogP contribution in [-0.2, 0) is 19.1 Å². The minimum Gasteiger partial charge on any atom is -0.481 e. The van der Waals surface area contributed by atoms with Crippen molar-refractivity contribution in [3.63, 3.8) is 0 Å². The van der Waals surface area contributed by atoms with E-state index < -0.39 is 53.9 Å². The molecule has 1 N–H and O–H groups in total. The quantitative estimate of drug-likeness (QED) is 0.824. The van der Waals surface area contributed by atoms with Gasteiger partial charge in [0.2, 0.25) is 0 Å². The molecule has 6 nitrogen and oxygen atoms in total. The molecule has 0 aromatic rings. The molecule has 1 amide bonds. The minimum atomic E-state index is -5.10. The molecule has 0 radical (unpaired) electrons. The van der Waals surface area contributed by atoms with Gasteiger partial charge in [0.25, 0.3) is 0 Å². The number of aliphatic carboxylic acids is 1. The first-order chi connectivity index (χ1) is 11.0. The zero-order valence-corrected chi connectivity index (χ0v) is 15.3. The molecule has 0 saturated carbocycles. The largest absolute Gasteiger partial charge is 0.481 e. The number of rotatable bonds is 4. The molecule has 0 aromatic carbocycles. The summed E-state index contributed by atoms with van der Waals surface area (Å²) >= 11 is 0. The lowest BCUT2D eigenvalue weighted by atomic mass is 10.0. The summed E-state index contributed by atoms with van der Waals surface area (Å²) in [7, 11) is 0. The summed E-state index contributed by atoms with van der Waals surface area (Å²) in [5.74, 6) is -3.40. The normalized spacial score (nSPS) is 25.3. The number of carbonyl (C=O) groups excluding carboxylic acids is 1. The molecule has 1 heterocycles. The lowest BCUT2D eigenvalue weighted by Gasteiger charge is -2.34. The van der Waals surface area contributed by atoms with Crippen LogP contribution in [-0.4, -0.2) is 64.1 Å². The fourth-order valence-electron chi connectivity index (χ4n) is 2.78. The Morgan fingerprint density at radius 2 is 1.52 bits per heavy atom. The molecule has 0 aliphatic carbocycles. The van der Waals surface area contributed by atoms with Crippen LogP contribution in [0, 0.1) is 0 Å². The second-order valence-corrected chi connectivity index (χ2v) is 8.08. The molecule has 0 bridgehead atoms. The van der Waals surface area contributed by atoms with Crippen LogP contribution in [0.25, 0.3) is 0 Å². The molecule has 0 unspecified atom stereocenters. The number of nitrogens with zero attached hydrogens (tertiary/aromatic N) is 1. The highest BCUT2D eigenvalue weighted by molar-refractivity contribution is 5.83. The number of amides is 1. The van der Waals surface area contributed by atoms with Crippen LogP contribution >= 0.6 is 0 Å². The van der Waals surface area contributed by atoms with Gasteiger partial charge in [0.15, 0.2) is 0 Å². The number of alkyl halides is 3. The predicted octanol–water partition coefficient (Wildman–Crippen LogP) is 2.60. The summed E-state index contributed by atoms with van der Waals surface area (Å²) in [6.45, 7) is 9.90. The second kappa shape index (κ2) is 7.11. The molecule has 1 aliphatic rings. The van der Waals surface area contributed by atoms with Gasteiger partial charge in [-0.05, 0) is 41.5 Å². The molecule has 0 aromatic heterocycles. The highest BCUT2D eigenvalue weighted by Gasteiger charge is 2.54. The Kier molecular flexibility index (Phi) is 6.17. The molecule has 146 valence electrons. The van der Waals surface area contributed by atoms with Crippen molar-refractivity contribution in [2.45, 2.75) is 83.6 Å². The number of carbonyl (C=O) groups is 2. The maximum Gasteiger partial charge on any atom is 0.471 e. The summed E-state index contributed by atoms with van der Waals surface area (Å²) in [5, 5.41) is 9.10. The summed E-state index contributed by atoms with van der Waals surface area (Å²) in [6, 6.07) is -1.27. The van der Waals surface area contributed by atoms with Gasteiger partial charge < -0.3 is 19.5 Å². The first-order valence-electron chi connectivity index (χ1n) is 7.96. The molecule has 0 spiro atoms. The van der Waals surface area contributed by atoms with Crippen molar-refractivity contribution >= 4 is 11.9 Å². The fourth-order valence-corrected chi connectivity index (χ4v) is 2.78. The number of hydrogen-bond donors (Lipinski definition) is 1. The molecule has 3 atom stereocenters. The van der Waals surface area contributed by atoms with Gasteiger partial charge in [0.1, 0.15) is 12.2 Å². The van der Waals surface area contributed by atoms with Gasteiger partial charge in [-0.1, -0.05) is 0 Å². The van der Waals surface area contributed by atoms with Crippen molar-refractivity contribution in [1.82, 2.24) is 4.90 Å². The van der Waals surface area contributed by atoms with E-state index in [-0.39, 0.29) is 6.54 Å². The number of carboxylic acid groups (broad SMARTS) is 1. The van der Waals surface area contributed by atoms with E-state index in [2.05, 4.69) is 0 Å². The van der Waals surface area contributed by atoms with Crippen LogP contribution in [0.3, 0.4) is 0 Å². The van der Waals surface area contributed by atoms with Crippen molar-refractivity contribution in [3.05, 3.63) is 0 Å². The number of hydrogen-bond acceptors (Lipinski definition) is 4. The Balaban J connectivity index is 3.25. The average Bonchev–Trinajstić information content (AvgIpc) is 2.61. The summed E-state index contributed by atoms with van der Waals surface area (Å²) in [5.41, 5.74) is -1.45. The molecule has 1 rings (SSSR count). The minimum absolute atomic E-state index is 0.381. The van der Waals surface area contributed by atoms with Gasteiger partial charge in [-0.15, -0.1) is 0 Å². The number of carboxylic acids is 1. The summed E-state index contributed by atoms with van der Waals surface area (Å²) in [6.07, 6.45) is -7.61. The van der Waals surface area contributed by atoms with E-state index in [4.69, 9.17) is 14.6 Å². The van der Waals surface area contributed by atoms with Gasteiger partial charge in [-0.25, -0.2) is 0 Å². The summed E-state index contributed by atoms with van der Waals surface area (Å²) < 4.78 is 50.4. The van der Waals surface area contributed by atoms with E-state index in [1.165, 1.54) is 0 Å². The Morgan fingerprint density at radius 1 is 1.04 bits per heavy atom. The molecule has 9 heteroatoms. The van der Waals surface area contributed by atoms with E-state index >= 15 is 0 Å². The number of halogens is 3. The zero-order chi connectivity index (χ0) is 19.8. The maximum absolute atomic E-state index is 12.9. The molecule has 25 heavy (non-hydrogen) atoms. The van der Waals surface area contributed by atoms with Crippen molar-refractivity contribution in [3.8, 4) is 0 Å². The lowest BCUT2D eigenvalue weighted by molar-refractivity contribution is -0.188. The third-order valence-electron chi connectivity index (χ3n) is 3.40. The third kappa shape index (κ3) is 6.47. The fraction of sp³-hybridized carbons (Fsp3) is 0.875.